The van der Waals surface area contributed by atoms with Gasteiger partial charge in [0.2, 0.25) is 6.79 Å². The largest absolute Gasteiger partial charge is 0.454 e. The van der Waals surface area contributed by atoms with Gasteiger partial charge in [-0.3, -0.25) is 4.40 Å². The number of ether oxygens (including phenoxy) is 2. The highest BCUT2D eigenvalue weighted by Crippen LogP contribution is 2.38. The van der Waals surface area contributed by atoms with Gasteiger partial charge in [0.15, 0.2) is 11.5 Å². The Hall–Kier alpha value is -1.72. The van der Waals surface area contributed by atoms with E-state index >= 15 is 0 Å². The molecule has 3 aromatic rings. The van der Waals surface area contributed by atoms with Crippen LogP contribution < -0.4 is 9.47 Å². The Bertz CT molecular complexity index is 831. The lowest BCUT2D eigenvalue weighted by atomic mass is 10.1. The number of aromatic nitrogens is 2. The predicted molar refractivity (Wildman–Crippen MR) is 79.5 cm³/mol. The SMILES string of the molecule is Clc1ccc2nc(-c3ccc4c(c3)OCO4)c(Br)n2c1. The summed E-state index contributed by atoms with van der Waals surface area (Å²) in [4.78, 5) is 4.61. The number of imidazole rings is 1. The Morgan fingerprint density at radius 2 is 2.00 bits per heavy atom. The molecule has 0 unspecified atom stereocenters. The van der Waals surface area contributed by atoms with Crippen LogP contribution in [0, 0.1) is 0 Å². The van der Waals surface area contributed by atoms with Gasteiger partial charge in [0.05, 0.1) is 5.02 Å². The number of hydrogen-bond acceptors (Lipinski definition) is 3. The van der Waals surface area contributed by atoms with Gasteiger partial charge in [0.1, 0.15) is 15.9 Å². The summed E-state index contributed by atoms with van der Waals surface area (Å²) < 4.78 is 13.5. The van der Waals surface area contributed by atoms with Gasteiger partial charge < -0.3 is 9.47 Å². The molecule has 0 bridgehead atoms. The van der Waals surface area contributed by atoms with Crippen LogP contribution in [0.15, 0.2) is 41.1 Å². The molecular formula is C14H8BrClN2O2. The van der Waals surface area contributed by atoms with Gasteiger partial charge in [-0.1, -0.05) is 11.6 Å². The number of benzene rings is 1. The molecule has 0 spiro atoms. The molecule has 100 valence electrons. The van der Waals surface area contributed by atoms with Crippen molar-refractivity contribution in [3.05, 3.63) is 46.2 Å². The van der Waals surface area contributed by atoms with Crippen LogP contribution >= 0.6 is 27.5 Å². The molecule has 4 nitrogen and oxygen atoms in total. The highest BCUT2D eigenvalue weighted by molar-refractivity contribution is 9.10. The van der Waals surface area contributed by atoms with Crippen LogP contribution in [-0.2, 0) is 0 Å². The normalized spacial score (nSPS) is 13.1. The van der Waals surface area contributed by atoms with Crippen molar-refractivity contribution in [1.82, 2.24) is 9.38 Å². The van der Waals surface area contributed by atoms with Crippen LogP contribution in [0.5, 0.6) is 11.5 Å². The highest BCUT2D eigenvalue weighted by atomic mass is 79.9. The van der Waals surface area contributed by atoms with Crippen LogP contribution in [0.3, 0.4) is 0 Å². The second kappa shape index (κ2) is 4.40. The van der Waals surface area contributed by atoms with Crippen LogP contribution in [0.4, 0.5) is 0 Å². The lowest BCUT2D eigenvalue weighted by Crippen LogP contribution is -1.92. The number of nitrogens with zero attached hydrogens (tertiary/aromatic N) is 2. The van der Waals surface area contributed by atoms with E-state index in [4.69, 9.17) is 21.1 Å². The van der Waals surface area contributed by atoms with E-state index in [1.807, 2.05) is 40.9 Å². The summed E-state index contributed by atoms with van der Waals surface area (Å²) in [6.45, 7) is 0.265. The number of rotatable bonds is 1. The standard InChI is InChI=1S/C14H8BrClN2O2/c15-14-13(17-12-4-2-9(16)6-18(12)14)8-1-3-10-11(5-8)20-7-19-10/h1-6H,7H2. The van der Waals surface area contributed by atoms with Crippen LogP contribution in [-0.4, -0.2) is 16.2 Å². The van der Waals surface area contributed by atoms with E-state index in [2.05, 4.69) is 20.9 Å². The maximum atomic E-state index is 6.02. The molecule has 6 heteroatoms. The molecule has 0 radical (unpaired) electrons. The molecule has 1 aromatic carbocycles. The van der Waals surface area contributed by atoms with Crippen molar-refractivity contribution in [2.75, 3.05) is 6.79 Å². The van der Waals surface area contributed by atoms with Gasteiger partial charge in [0.25, 0.3) is 0 Å². The first kappa shape index (κ1) is 12.1. The van der Waals surface area contributed by atoms with Crippen molar-refractivity contribution >= 4 is 33.2 Å². The van der Waals surface area contributed by atoms with Crippen molar-refractivity contribution in [3.63, 3.8) is 0 Å². The fourth-order valence-electron chi connectivity index (χ4n) is 2.22. The Morgan fingerprint density at radius 3 is 2.90 bits per heavy atom. The third kappa shape index (κ3) is 1.77. The summed E-state index contributed by atoms with van der Waals surface area (Å²) in [5.74, 6) is 1.50. The monoisotopic (exact) mass is 350 g/mol. The molecule has 0 saturated carbocycles. The van der Waals surface area contributed by atoms with Crippen molar-refractivity contribution < 1.29 is 9.47 Å². The molecule has 0 atom stereocenters. The molecule has 0 fully saturated rings. The van der Waals surface area contributed by atoms with E-state index < -0.39 is 0 Å². The zero-order valence-corrected chi connectivity index (χ0v) is 12.5. The van der Waals surface area contributed by atoms with Crippen LogP contribution in [0.2, 0.25) is 5.02 Å². The second-order valence-electron chi connectivity index (χ2n) is 4.39. The number of hydrogen-bond donors (Lipinski definition) is 0. The summed E-state index contributed by atoms with van der Waals surface area (Å²) in [5, 5.41) is 0.660. The zero-order chi connectivity index (χ0) is 13.7. The quantitative estimate of drug-likeness (QED) is 0.661. The van der Waals surface area contributed by atoms with Crippen molar-refractivity contribution in [3.8, 4) is 22.8 Å². The lowest BCUT2D eigenvalue weighted by Gasteiger charge is -2.01. The molecule has 4 rings (SSSR count). The first-order valence-corrected chi connectivity index (χ1v) is 7.12. The Labute approximate surface area is 128 Å². The van der Waals surface area contributed by atoms with Crippen molar-refractivity contribution in [2.24, 2.45) is 0 Å². The summed E-state index contributed by atoms with van der Waals surface area (Å²) in [6, 6.07) is 9.47. The van der Waals surface area contributed by atoms with Gasteiger partial charge in [-0.2, -0.15) is 0 Å². The maximum absolute atomic E-state index is 6.02. The lowest BCUT2D eigenvalue weighted by molar-refractivity contribution is 0.174. The molecule has 3 heterocycles. The van der Waals surface area contributed by atoms with Gasteiger partial charge in [-0.15, -0.1) is 0 Å². The van der Waals surface area contributed by atoms with Gasteiger partial charge in [0, 0.05) is 11.8 Å². The van der Waals surface area contributed by atoms with E-state index in [1.165, 1.54) is 0 Å². The second-order valence-corrected chi connectivity index (χ2v) is 5.58. The van der Waals surface area contributed by atoms with E-state index in [-0.39, 0.29) is 6.79 Å². The Balaban J connectivity index is 1.92. The summed E-state index contributed by atoms with van der Waals surface area (Å²) >= 11 is 9.59. The van der Waals surface area contributed by atoms with E-state index in [0.717, 1.165) is 33.0 Å². The van der Waals surface area contributed by atoms with E-state index in [1.54, 1.807) is 0 Å². The Kier molecular flexibility index (Phi) is 2.65. The van der Waals surface area contributed by atoms with E-state index in [0.29, 0.717) is 5.02 Å². The van der Waals surface area contributed by atoms with Crippen LogP contribution in [0.25, 0.3) is 16.9 Å². The minimum absolute atomic E-state index is 0.265. The number of pyridine rings is 1. The molecular weight excluding hydrogens is 344 g/mol. The number of fused-ring (bicyclic) bond motifs is 2. The first-order valence-electron chi connectivity index (χ1n) is 5.95. The van der Waals surface area contributed by atoms with Gasteiger partial charge >= 0.3 is 0 Å². The Morgan fingerprint density at radius 1 is 1.15 bits per heavy atom. The van der Waals surface area contributed by atoms with Crippen molar-refractivity contribution in [1.29, 1.82) is 0 Å². The summed E-state index contributed by atoms with van der Waals surface area (Å²) in [7, 11) is 0. The third-order valence-electron chi connectivity index (χ3n) is 3.17. The average molecular weight is 352 g/mol. The summed E-state index contributed by atoms with van der Waals surface area (Å²) in [5.41, 5.74) is 2.63. The maximum Gasteiger partial charge on any atom is 0.231 e. The molecule has 0 aliphatic carbocycles. The zero-order valence-electron chi connectivity index (χ0n) is 10.1. The predicted octanol–water partition coefficient (Wildman–Crippen LogP) is 4.15. The fraction of sp³-hybridized carbons (Fsp3) is 0.0714. The van der Waals surface area contributed by atoms with Gasteiger partial charge in [-0.05, 0) is 46.3 Å². The smallest absolute Gasteiger partial charge is 0.231 e. The molecule has 1 aliphatic rings. The minimum Gasteiger partial charge on any atom is -0.454 e. The minimum atomic E-state index is 0.265. The topological polar surface area (TPSA) is 35.8 Å². The highest BCUT2D eigenvalue weighted by Gasteiger charge is 2.17. The molecule has 20 heavy (non-hydrogen) atoms. The fourth-order valence-corrected chi connectivity index (χ4v) is 2.98. The molecule has 0 amide bonds. The molecule has 0 saturated heterocycles. The third-order valence-corrected chi connectivity index (χ3v) is 4.15. The first-order chi connectivity index (χ1) is 9.72. The molecule has 2 aromatic heterocycles. The van der Waals surface area contributed by atoms with Crippen molar-refractivity contribution in [2.45, 2.75) is 0 Å². The van der Waals surface area contributed by atoms with Crippen LogP contribution in [0.1, 0.15) is 0 Å². The summed E-state index contributed by atoms with van der Waals surface area (Å²) in [6.07, 6.45) is 1.82. The average Bonchev–Trinajstić information content (AvgIpc) is 3.03. The molecule has 1 aliphatic heterocycles. The molecule has 0 N–H and O–H groups in total. The number of halogens is 2. The van der Waals surface area contributed by atoms with Gasteiger partial charge in [-0.25, -0.2) is 4.98 Å². The van der Waals surface area contributed by atoms with E-state index in [9.17, 15) is 0 Å².